The zero-order chi connectivity index (χ0) is 19.7. The minimum Gasteiger partial charge on any atom is -0.362 e. The van der Waals surface area contributed by atoms with Crippen molar-refractivity contribution >= 4 is 28.1 Å². The van der Waals surface area contributed by atoms with Gasteiger partial charge in [0.05, 0.1) is 4.92 Å². The fourth-order valence-corrected chi connectivity index (χ4v) is 3.53. The molecule has 0 saturated carbocycles. The number of carbonyl (C=O) groups is 1. The number of carbonyl (C=O) groups excluding carboxylic acids is 1. The average Bonchev–Trinajstić information content (AvgIpc) is 2.73. The molecule has 0 atom stereocenters. The van der Waals surface area contributed by atoms with Crippen LogP contribution in [0.4, 0.5) is 11.4 Å². The van der Waals surface area contributed by atoms with Crippen molar-refractivity contribution in [2.24, 2.45) is 0 Å². The molecule has 1 fully saturated rings. The molecule has 4 rings (SSSR count). The number of pyridine rings is 1. The van der Waals surface area contributed by atoms with Crippen molar-refractivity contribution in [1.82, 2.24) is 9.88 Å². The smallest absolute Gasteiger partial charge is 0.292 e. The van der Waals surface area contributed by atoms with Crippen molar-refractivity contribution in [2.75, 3.05) is 31.1 Å². The molecule has 1 amide bonds. The zero-order valence-electron chi connectivity index (χ0n) is 15.0. The van der Waals surface area contributed by atoms with Gasteiger partial charge in [0, 0.05) is 37.6 Å². The molecule has 0 bridgehead atoms. The molecule has 0 unspecified atom stereocenters. The van der Waals surface area contributed by atoms with Gasteiger partial charge < -0.3 is 14.8 Å². The maximum absolute atomic E-state index is 12.8. The molecule has 1 aromatic heterocycles. The van der Waals surface area contributed by atoms with Crippen molar-refractivity contribution < 1.29 is 9.72 Å². The summed E-state index contributed by atoms with van der Waals surface area (Å²) in [5, 5.41) is 12.5. The lowest BCUT2D eigenvalue weighted by Crippen LogP contribution is -2.49. The Morgan fingerprint density at radius 1 is 1.00 bits per heavy atom. The Hall–Kier alpha value is -3.68. The summed E-state index contributed by atoms with van der Waals surface area (Å²) in [4.78, 5) is 42.1. The lowest BCUT2D eigenvalue weighted by Gasteiger charge is -2.35. The second kappa shape index (κ2) is 7.15. The van der Waals surface area contributed by atoms with E-state index in [9.17, 15) is 19.7 Å². The van der Waals surface area contributed by atoms with Crippen LogP contribution in [-0.4, -0.2) is 46.9 Å². The van der Waals surface area contributed by atoms with Gasteiger partial charge in [0.2, 0.25) is 0 Å². The summed E-state index contributed by atoms with van der Waals surface area (Å²) in [7, 11) is 0. The van der Waals surface area contributed by atoms with E-state index in [2.05, 4.69) is 4.98 Å². The summed E-state index contributed by atoms with van der Waals surface area (Å²) in [6.45, 7) is 1.79. The van der Waals surface area contributed by atoms with Crippen LogP contribution in [0.3, 0.4) is 0 Å². The summed E-state index contributed by atoms with van der Waals surface area (Å²) in [5.74, 6) is -0.245. The van der Waals surface area contributed by atoms with E-state index in [1.807, 2.05) is 11.0 Å². The number of amides is 1. The van der Waals surface area contributed by atoms with Crippen LogP contribution in [0.2, 0.25) is 0 Å². The number of anilines is 1. The molecule has 8 heteroatoms. The highest BCUT2D eigenvalue weighted by atomic mass is 16.6. The summed E-state index contributed by atoms with van der Waals surface area (Å²) in [6.07, 6.45) is 0. The van der Waals surface area contributed by atoms with Crippen LogP contribution in [-0.2, 0) is 0 Å². The average molecular weight is 378 g/mol. The van der Waals surface area contributed by atoms with E-state index in [-0.39, 0.29) is 22.8 Å². The van der Waals surface area contributed by atoms with Gasteiger partial charge in [-0.2, -0.15) is 0 Å². The molecule has 1 aliphatic heterocycles. The number of nitrogens with zero attached hydrogens (tertiary/aromatic N) is 3. The number of nitrogens with one attached hydrogen (secondary N) is 1. The molecule has 3 aromatic rings. The van der Waals surface area contributed by atoms with Crippen molar-refractivity contribution in [2.45, 2.75) is 0 Å². The number of H-pyrrole nitrogens is 1. The highest BCUT2D eigenvalue weighted by Gasteiger charge is 2.26. The number of piperazine rings is 1. The minimum atomic E-state index is -0.396. The van der Waals surface area contributed by atoms with E-state index in [0.29, 0.717) is 42.6 Å². The van der Waals surface area contributed by atoms with Gasteiger partial charge in [-0.15, -0.1) is 0 Å². The summed E-state index contributed by atoms with van der Waals surface area (Å²) >= 11 is 0. The van der Waals surface area contributed by atoms with Crippen molar-refractivity contribution in [3.05, 3.63) is 80.8 Å². The molecule has 8 nitrogen and oxygen atoms in total. The van der Waals surface area contributed by atoms with Gasteiger partial charge >= 0.3 is 0 Å². The van der Waals surface area contributed by atoms with Crippen LogP contribution in [0.5, 0.6) is 0 Å². The first kappa shape index (κ1) is 17.7. The molecule has 142 valence electrons. The van der Waals surface area contributed by atoms with E-state index >= 15 is 0 Å². The number of aromatic nitrogens is 1. The van der Waals surface area contributed by atoms with Crippen molar-refractivity contribution in [1.29, 1.82) is 0 Å². The third-order valence-corrected chi connectivity index (χ3v) is 4.97. The van der Waals surface area contributed by atoms with Gasteiger partial charge in [-0.3, -0.25) is 19.7 Å². The molecule has 1 saturated heterocycles. The van der Waals surface area contributed by atoms with Crippen LogP contribution >= 0.6 is 0 Å². The van der Waals surface area contributed by atoms with Crippen LogP contribution in [0.15, 0.2) is 59.4 Å². The van der Waals surface area contributed by atoms with Crippen LogP contribution in [0.25, 0.3) is 10.8 Å². The first-order valence-corrected chi connectivity index (χ1v) is 8.94. The number of nitro groups is 1. The number of para-hydroxylation sites is 2. The standard InChI is InChI=1S/C20H18N4O4/c25-19-15-6-2-1-5-14(15)13-16(21-19)20(26)23-11-9-22(10-12-23)17-7-3-4-8-18(17)24(27)28/h1-8,13H,9-12H2,(H,21,25). The van der Waals surface area contributed by atoms with E-state index in [0.717, 1.165) is 0 Å². The monoisotopic (exact) mass is 378 g/mol. The van der Waals surface area contributed by atoms with Crippen molar-refractivity contribution in [3.8, 4) is 0 Å². The third kappa shape index (κ3) is 3.20. The predicted molar refractivity (Wildman–Crippen MR) is 106 cm³/mol. The Balaban J connectivity index is 1.52. The lowest BCUT2D eigenvalue weighted by atomic mass is 10.1. The summed E-state index contributed by atoms with van der Waals surface area (Å²) < 4.78 is 0. The molecule has 1 aliphatic rings. The van der Waals surface area contributed by atoms with Gasteiger partial charge in [0.15, 0.2) is 0 Å². The van der Waals surface area contributed by atoms with Crippen LogP contribution < -0.4 is 10.5 Å². The van der Waals surface area contributed by atoms with Gasteiger partial charge in [-0.1, -0.05) is 30.3 Å². The molecule has 1 N–H and O–H groups in total. The van der Waals surface area contributed by atoms with Gasteiger partial charge in [-0.25, -0.2) is 0 Å². The van der Waals surface area contributed by atoms with Crippen molar-refractivity contribution in [3.63, 3.8) is 0 Å². The number of aromatic amines is 1. The van der Waals surface area contributed by atoms with Gasteiger partial charge in [0.1, 0.15) is 11.4 Å². The molecule has 0 aliphatic carbocycles. The van der Waals surface area contributed by atoms with Gasteiger partial charge in [-0.05, 0) is 23.6 Å². The number of fused-ring (bicyclic) bond motifs is 1. The number of hydrogen-bond acceptors (Lipinski definition) is 5. The SMILES string of the molecule is O=C(c1cc2ccccc2c(=O)[nH]1)N1CCN(c2ccccc2[N+](=O)[O-])CC1. The number of benzene rings is 2. The molecule has 0 spiro atoms. The van der Waals surface area contributed by atoms with E-state index in [1.165, 1.54) is 6.07 Å². The third-order valence-electron chi connectivity index (χ3n) is 4.97. The molecule has 0 radical (unpaired) electrons. The maximum Gasteiger partial charge on any atom is 0.292 e. The Morgan fingerprint density at radius 3 is 2.43 bits per heavy atom. The minimum absolute atomic E-state index is 0.0566. The second-order valence-electron chi connectivity index (χ2n) is 6.62. The highest BCUT2D eigenvalue weighted by Crippen LogP contribution is 2.28. The fourth-order valence-electron chi connectivity index (χ4n) is 3.53. The largest absolute Gasteiger partial charge is 0.362 e. The summed E-state index contributed by atoms with van der Waals surface area (Å²) in [5.41, 5.74) is 0.572. The van der Waals surface area contributed by atoms with Crippen LogP contribution in [0.1, 0.15) is 10.5 Å². The fraction of sp³-hybridized carbons (Fsp3) is 0.200. The Labute approximate surface area is 160 Å². The Bertz CT molecular complexity index is 1120. The normalized spacial score (nSPS) is 14.3. The second-order valence-corrected chi connectivity index (χ2v) is 6.62. The molecule has 2 aromatic carbocycles. The predicted octanol–water partition coefficient (Wildman–Crippen LogP) is 2.40. The topological polar surface area (TPSA) is 99.6 Å². The van der Waals surface area contributed by atoms with E-state index < -0.39 is 4.92 Å². The van der Waals surface area contributed by atoms with Crippen LogP contribution in [0, 0.1) is 10.1 Å². The number of nitro benzene ring substituents is 1. The first-order chi connectivity index (χ1) is 13.5. The number of hydrogen-bond donors (Lipinski definition) is 1. The molecule has 28 heavy (non-hydrogen) atoms. The summed E-state index contributed by atoms with van der Waals surface area (Å²) in [6, 6.07) is 15.4. The first-order valence-electron chi connectivity index (χ1n) is 8.94. The molecule has 2 heterocycles. The Morgan fingerprint density at radius 2 is 1.68 bits per heavy atom. The lowest BCUT2D eigenvalue weighted by molar-refractivity contribution is -0.384. The number of rotatable bonds is 3. The molecular weight excluding hydrogens is 360 g/mol. The quantitative estimate of drug-likeness (QED) is 0.557. The van der Waals surface area contributed by atoms with Gasteiger partial charge in [0.25, 0.3) is 17.2 Å². The van der Waals surface area contributed by atoms with E-state index in [1.54, 1.807) is 47.4 Å². The zero-order valence-corrected chi connectivity index (χ0v) is 15.0. The maximum atomic E-state index is 12.8. The molecular formula is C20H18N4O4. The van der Waals surface area contributed by atoms with E-state index in [4.69, 9.17) is 0 Å². The highest BCUT2D eigenvalue weighted by molar-refractivity contribution is 5.96. The Kier molecular flexibility index (Phi) is 4.52.